The lowest BCUT2D eigenvalue weighted by Crippen LogP contribution is -2.41. The highest BCUT2D eigenvalue weighted by molar-refractivity contribution is 6.68. The highest BCUT2D eigenvalue weighted by Gasteiger charge is 2.25. The first-order valence-corrected chi connectivity index (χ1v) is 8.93. The van der Waals surface area contributed by atoms with Gasteiger partial charge in [-0.25, -0.2) is 0 Å². The Morgan fingerprint density at radius 1 is 1.07 bits per heavy atom. The molecule has 0 aliphatic heterocycles. The van der Waals surface area contributed by atoms with Crippen LogP contribution in [0, 0.1) is 22.9 Å². The number of carbonyl (C=O) groups excluding carboxylic acids is 2. The van der Waals surface area contributed by atoms with Gasteiger partial charge in [-0.2, -0.15) is 4.39 Å². The lowest BCUT2D eigenvalue weighted by atomic mass is 10.1. The van der Waals surface area contributed by atoms with Crippen molar-refractivity contribution in [2.75, 3.05) is 0 Å². The van der Waals surface area contributed by atoms with Gasteiger partial charge in [0.25, 0.3) is 10.5 Å². The first-order valence-electron chi connectivity index (χ1n) is 8.17. The lowest BCUT2D eigenvalue weighted by molar-refractivity contribution is -0.387. The number of hydrazine groups is 1. The molecular weight excluding hydrogens is 460 g/mol. The van der Waals surface area contributed by atoms with E-state index in [1.54, 1.807) is 24.3 Å². The Hall–Kier alpha value is -2.10. The Labute approximate surface area is 190 Å². The summed E-state index contributed by atoms with van der Waals surface area (Å²) in [6.07, 6.45) is 0. The second-order valence-corrected chi connectivity index (χ2v) is 7.34. The number of nitrogens with one attached hydrogen (secondary N) is 1. The second-order valence-electron chi connectivity index (χ2n) is 6.66. The maximum atomic E-state index is 13.2. The van der Waals surface area contributed by atoms with E-state index in [2.05, 4.69) is 5.43 Å². The Morgan fingerprint density at radius 3 is 1.83 bits per heavy atom. The van der Waals surface area contributed by atoms with E-state index < -0.39 is 32.5 Å². The smallest absolute Gasteiger partial charge is 0.276 e. The Morgan fingerprint density at radius 2 is 1.53 bits per heavy atom. The van der Waals surface area contributed by atoms with E-state index in [0.29, 0.717) is 5.56 Å². The number of nitrogens with two attached hydrogens (primary N) is 1. The molecule has 0 saturated heterocycles. The third kappa shape index (κ3) is 11.2. The molecule has 2 rings (SSSR count). The normalized spacial score (nSPS) is 9.73. The first-order chi connectivity index (χ1) is 13.3. The molecular formula is C19H23Cl3FN3O4. The van der Waals surface area contributed by atoms with Gasteiger partial charge in [-0.15, -0.1) is 12.4 Å². The molecule has 0 fully saturated rings. The van der Waals surface area contributed by atoms with Gasteiger partial charge in [0.05, 0.1) is 4.92 Å². The van der Waals surface area contributed by atoms with Crippen LogP contribution in [-0.2, 0) is 0 Å². The molecule has 2 aromatic rings. The molecule has 0 unspecified atom stereocenters. The van der Waals surface area contributed by atoms with E-state index in [4.69, 9.17) is 29.0 Å². The van der Waals surface area contributed by atoms with E-state index in [-0.39, 0.29) is 23.5 Å². The maximum Gasteiger partial charge on any atom is 0.317 e. The van der Waals surface area contributed by atoms with Gasteiger partial charge >= 0.3 is 5.69 Å². The SMILES string of the molecule is CC(C)(C)NN.Cc1ccc(C(=O)Cl)c([N+](=O)[O-])c1F.Cl.O=C(Cl)c1ccccc1. The number of nitro benzene ring substituents is 1. The molecule has 30 heavy (non-hydrogen) atoms. The number of hydrogen-bond acceptors (Lipinski definition) is 6. The third-order valence-electron chi connectivity index (χ3n) is 3.14. The average molecular weight is 483 g/mol. The molecule has 0 heterocycles. The van der Waals surface area contributed by atoms with Crippen molar-refractivity contribution in [1.29, 1.82) is 0 Å². The first kappa shape index (κ1) is 30.1. The zero-order valence-electron chi connectivity index (χ0n) is 16.7. The van der Waals surface area contributed by atoms with Crippen LogP contribution in [0.25, 0.3) is 0 Å². The van der Waals surface area contributed by atoms with Crippen LogP contribution in [0.15, 0.2) is 42.5 Å². The highest BCUT2D eigenvalue weighted by atomic mass is 35.5. The van der Waals surface area contributed by atoms with Gasteiger partial charge in [0.1, 0.15) is 5.56 Å². The van der Waals surface area contributed by atoms with Gasteiger partial charge < -0.3 is 0 Å². The topological polar surface area (TPSA) is 115 Å². The summed E-state index contributed by atoms with van der Waals surface area (Å²) in [5.74, 6) is 4.03. The summed E-state index contributed by atoms with van der Waals surface area (Å²) in [6.45, 7) is 7.39. The highest BCUT2D eigenvalue weighted by Crippen LogP contribution is 2.26. The quantitative estimate of drug-likeness (QED) is 0.270. The zero-order chi connectivity index (χ0) is 22.8. The molecule has 3 N–H and O–H groups in total. The fraction of sp³-hybridized carbons (Fsp3) is 0.263. The number of benzene rings is 2. The molecule has 0 saturated carbocycles. The molecule has 0 amide bonds. The summed E-state index contributed by atoms with van der Waals surface area (Å²) in [5, 5.41) is 9.00. The second kappa shape index (κ2) is 14.0. The van der Waals surface area contributed by atoms with Gasteiger partial charge in [0.15, 0.2) is 0 Å². The fourth-order valence-electron chi connectivity index (χ4n) is 1.57. The largest absolute Gasteiger partial charge is 0.317 e. The van der Waals surface area contributed by atoms with Crippen molar-refractivity contribution >= 4 is 51.8 Å². The Bertz CT molecular complexity index is 860. The fourth-order valence-corrected chi connectivity index (χ4v) is 1.85. The van der Waals surface area contributed by atoms with Crippen LogP contribution in [0.2, 0.25) is 0 Å². The summed E-state index contributed by atoms with van der Waals surface area (Å²) in [4.78, 5) is 30.6. The number of nitrogens with zero attached hydrogens (tertiary/aromatic N) is 1. The Kier molecular flexibility index (Phi) is 14.0. The van der Waals surface area contributed by atoms with E-state index >= 15 is 0 Å². The summed E-state index contributed by atoms with van der Waals surface area (Å²) >= 11 is 10.2. The Balaban J connectivity index is 0. The van der Waals surface area contributed by atoms with Crippen molar-refractivity contribution in [1.82, 2.24) is 5.43 Å². The van der Waals surface area contributed by atoms with Gasteiger partial charge in [0, 0.05) is 11.1 Å². The van der Waals surface area contributed by atoms with Crippen molar-refractivity contribution in [3.05, 3.63) is 75.1 Å². The minimum Gasteiger partial charge on any atom is -0.276 e. The molecule has 2 aromatic carbocycles. The molecule has 0 spiro atoms. The zero-order valence-corrected chi connectivity index (χ0v) is 19.1. The van der Waals surface area contributed by atoms with E-state index in [1.165, 1.54) is 13.0 Å². The van der Waals surface area contributed by atoms with Gasteiger partial charge in [-0.3, -0.25) is 31.0 Å². The van der Waals surface area contributed by atoms with Crippen LogP contribution in [0.1, 0.15) is 47.1 Å². The molecule has 166 valence electrons. The van der Waals surface area contributed by atoms with Crippen molar-refractivity contribution in [3.63, 3.8) is 0 Å². The summed E-state index contributed by atoms with van der Waals surface area (Å²) in [6, 6.07) is 11.1. The third-order valence-corrected chi connectivity index (χ3v) is 3.56. The van der Waals surface area contributed by atoms with Gasteiger partial charge in [-0.1, -0.05) is 36.4 Å². The van der Waals surface area contributed by atoms with E-state index in [9.17, 15) is 24.1 Å². The lowest BCUT2D eigenvalue weighted by Gasteiger charge is -2.14. The number of hydrogen-bond donors (Lipinski definition) is 2. The number of rotatable bonds is 3. The number of carbonyl (C=O) groups is 2. The van der Waals surface area contributed by atoms with Crippen molar-refractivity contribution in [2.45, 2.75) is 33.2 Å². The van der Waals surface area contributed by atoms with Crippen molar-refractivity contribution in [2.24, 2.45) is 5.84 Å². The summed E-state index contributed by atoms with van der Waals surface area (Å²) < 4.78 is 13.2. The van der Waals surface area contributed by atoms with E-state index in [1.807, 2.05) is 26.8 Å². The predicted molar refractivity (Wildman–Crippen MR) is 119 cm³/mol. The number of aryl methyl sites for hydroxylation is 1. The summed E-state index contributed by atoms with van der Waals surface area (Å²) in [7, 11) is 0. The molecule has 0 atom stereocenters. The molecule has 0 radical (unpaired) electrons. The van der Waals surface area contributed by atoms with Crippen LogP contribution in [-0.4, -0.2) is 20.9 Å². The predicted octanol–water partition coefficient (Wildman–Crippen LogP) is 5.16. The molecule has 0 aliphatic rings. The minimum atomic E-state index is -1.05. The van der Waals surface area contributed by atoms with Crippen LogP contribution in [0.3, 0.4) is 0 Å². The van der Waals surface area contributed by atoms with E-state index in [0.717, 1.165) is 6.07 Å². The van der Waals surface area contributed by atoms with Crippen LogP contribution >= 0.6 is 35.6 Å². The molecule has 11 heteroatoms. The van der Waals surface area contributed by atoms with Crippen LogP contribution < -0.4 is 11.3 Å². The minimum absolute atomic E-state index is 0. The van der Waals surface area contributed by atoms with Crippen LogP contribution in [0.5, 0.6) is 0 Å². The van der Waals surface area contributed by atoms with Gasteiger partial charge in [-0.05, 0) is 62.5 Å². The molecule has 0 bridgehead atoms. The standard InChI is InChI=1S/C8H5ClFNO3.C7H5ClO.C4H12N2.ClH/c1-4-2-3-5(8(9)12)7(6(4)10)11(13)14;8-7(9)6-4-2-1-3-5-6;1-4(2,3)6-5;/h2-3H,1H3;1-5H;6H,5H2,1-3H3;1H. The molecule has 0 aromatic heterocycles. The van der Waals surface area contributed by atoms with Crippen molar-refractivity contribution in [3.8, 4) is 0 Å². The maximum absolute atomic E-state index is 13.2. The monoisotopic (exact) mass is 481 g/mol. The number of nitro groups is 1. The van der Waals surface area contributed by atoms with Crippen molar-refractivity contribution < 1.29 is 18.9 Å². The molecule has 7 nitrogen and oxygen atoms in total. The summed E-state index contributed by atoms with van der Waals surface area (Å²) in [5.41, 5.74) is 2.01. The van der Waals surface area contributed by atoms with Gasteiger partial charge in [0.2, 0.25) is 5.82 Å². The number of halogens is 4. The molecule has 0 aliphatic carbocycles. The average Bonchev–Trinajstić information content (AvgIpc) is 2.64. The van der Waals surface area contributed by atoms with Crippen LogP contribution in [0.4, 0.5) is 10.1 Å².